The highest BCUT2D eigenvalue weighted by Crippen LogP contribution is 2.30. The Labute approximate surface area is 95.8 Å². The number of hydrogen-bond acceptors (Lipinski definition) is 6. The van der Waals surface area contributed by atoms with Gasteiger partial charge in [0.05, 0.1) is 17.7 Å². The van der Waals surface area contributed by atoms with Gasteiger partial charge in [-0.25, -0.2) is 0 Å². The summed E-state index contributed by atoms with van der Waals surface area (Å²) in [6.45, 7) is -0.432. The topological polar surface area (TPSA) is 118 Å². The molecule has 1 aliphatic rings. The molecule has 0 spiro atoms. The quantitative estimate of drug-likeness (QED) is 0.464. The van der Waals surface area contributed by atoms with Crippen molar-refractivity contribution in [2.24, 2.45) is 0 Å². The maximum absolute atomic E-state index is 10.5. The van der Waals surface area contributed by atoms with Crippen molar-refractivity contribution in [1.29, 1.82) is 0 Å². The number of aliphatic hydroxyl groups is 3. The summed E-state index contributed by atoms with van der Waals surface area (Å²) in [5.41, 5.74) is -0.136. The van der Waals surface area contributed by atoms with Crippen molar-refractivity contribution in [2.45, 2.75) is 24.5 Å². The van der Waals surface area contributed by atoms with Crippen LogP contribution in [0.4, 0.5) is 5.69 Å². The SMILES string of the molecule is O=[N+]([O-])c1ccn([C@@H]2O[C@@H](CO)[C@H](O)[C@@H]2O)c1. The molecule has 4 atom stereocenters. The van der Waals surface area contributed by atoms with Crippen LogP contribution in [0.5, 0.6) is 0 Å². The van der Waals surface area contributed by atoms with Crippen molar-refractivity contribution < 1.29 is 25.0 Å². The van der Waals surface area contributed by atoms with Crippen LogP contribution in [0.15, 0.2) is 18.5 Å². The zero-order valence-electron chi connectivity index (χ0n) is 8.71. The predicted molar refractivity (Wildman–Crippen MR) is 54.1 cm³/mol. The number of ether oxygens (including phenoxy) is 1. The normalized spacial score (nSPS) is 32.9. The van der Waals surface area contributed by atoms with Crippen LogP contribution >= 0.6 is 0 Å². The lowest BCUT2D eigenvalue weighted by Gasteiger charge is -2.15. The molecule has 8 heteroatoms. The number of aromatic nitrogens is 1. The smallest absolute Gasteiger partial charge is 0.286 e. The molecule has 0 aliphatic carbocycles. The Balaban J connectivity index is 2.19. The van der Waals surface area contributed by atoms with E-state index in [9.17, 15) is 20.3 Å². The van der Waals surface area contributed by atoms with E-state index in [1.54, 1.807) is 0 Å². The van der Waals surface area contributed by atoms with Crippen LogP contribution < -0.4 is 0 Å². The third kappa shape index (κ3) is 2.03. The highest BCUT2D eigenvalue weighted by Gasteiger charge is 2.43. The second-order valence-corrected chi connectivity index (χ2v) is 3.80. The minimum Gasteiger partial charge on any atom is -0.394 e. The first kappa shape index (κ1) is 12.0. The molecule has 1 fully saturated rings. The number of nitro groups is 1. The Morgan fingerprint density at radius 2 is 2.18 bits per heavy atom. The molecule has 0 aromatic carbocycles. The van der Waals surface area contributed by atoms with Crippen molar-refractivity contribution >= 4 is 5.69 Å². The molecular weight excluding hydrogens is 232 g/mol. The number of aliphatic hydroxyl groups excluding tert-OH is 3. The Morgan fingerprint density at radius 3 is 2.65 bits per heavy atom. The average molecular weight is 244 g/mol. The summed E-state index contributed by atoms with van der Waals surface area (Å²) in [4.78, 5) is 9.92. The minimum atomic E-state index is -1.24. The lowest BCUT2D eigenvalue weighted by molar-refractivity contribution is -0.384. The van der Waals surface area contributed by atoms with Gasteiger partial charge in [-0.3, -0.25) is 10.1 Å². The zero-order valence-corrected chi connectivity index (χ0v) is 8.71. The molecule has 0 bridgehead atoms. The summed E-state index contributed by atoms with van der Waals surface area (Å²) in [5, 5.41) is 38.6. The van der Waals surface area contributed by atoms with Crippen LogP contribution in [-0.4, -0.2) is 49.7 Å². The van der Waals surface area contributed by atoms with Gasteiger partial charge in [0.2, 0.25) is 0 Å². The highest BCUT2D eigenvalue weighted by molar-refractivity contribution is 5.26. The molecule has 0 saturated carbocycles. The van der Waals surface area contributed by atoms with Gasteiger partial charge in [0.25, 0.3) is 5.69 Å². The van der Waals surface area contributed by atoms with E-state index < -0.39 is 36.1 Å². The van der Waals surface area contributed by atoms with Crippen LogP contribution in [0.25, 0.3) is 0 Å². The predicted octanol–water partition coefficient (Wildman–Crippen LogP) is -0.992. The fourth-order valence-corrected chi connectivity index (χ4v) is 1.79. The Morgan fingerprint density at radius 1 is 1.47 bits per heavy atom. The molecule has 1 aromatic heterocycles. The Kier molecular flexibility index (Phi) is 3.11. The van der Waals surface area contributed by atoms with E-state index in [0.717, 1.165) is 0 Å². The van der Waals surface area contributed by atoms with E-state index in [1.807, 2.05) is 0 Å². The first-order chi connectivity index (χ1) is 8.04. The Bertz CT molecular complexity index is 419. The van der Waals surface area contributed by atoms with Gasteiger partial charge in [-0.2, -0.15) is 0 Å². The summed E-state index contributed by atoms with van der Waals surface area (Å²) in [6.07, 6.45) is -1.71. The van der Waals surface area contributed by atoms with Gasteiger partial charge in [0, 0.05) is 12.3 Å². The molecule has 8 nitrogen and oxygen atoms in total. The van der Waals surface area contributed by atoms with Crippen LogP contribution in [-0.2, 0) is 4.74 Å². The van der Waals surface area contributed by atoms with Gasteiger partial charge in [-0.1, -0.05) is 0 Å². The fourth-order valence-electron chi connectivity index (χ4n) is 1.79. The van der Waals surface area contributed by atoms with Gasteiger partial charge in [0.1, 0.15) is 18.3 Å². The lowest BCUT2D eigenvalue weighted by Crippen LogP contribution is -2.33. The molecule has 1 aliphatic heterocycles. The van der Waals surface area contributed by atoms with Crippen LogP contribution in [0.2, 0.25) is 0 Å². The standard InChI is InChI=1S/C9H12N2O6/c12-4-6-7(13)8(14)9(17-6)10-2-1-5(3-10)11(15)16/h1-3,6-9,12-14H,4H2/t6-,7-,8-,9+/m0/s1. The summed E-state index contributed by atoms with van der Waals surface area (Å²) in [7, 11) is 0. The molecule has 0 radical (unpaired) electrons. The fraction of sp³-hybridized carbons (Fsp3) is 0.556. The lowest BCUT2D eigenvalue weighted by atomic mass is 10.1. The van der Waals surface area contributed by atoms with Crippen molar-refractivity contribution in [1.82, 2.24) is 4.57 Å². The van der Waals surface area contributed by atoms with Gasteiger partial charge >= 0.3 is 0 Å². The van der Waals surface area contributed by atoms with Crippen molar-refractivity contribution in [3.63, 3.8) is 0 Å². The molecule has 1 saturated heterocycles. The number of rotatable bonds is 3. The van der Waals surface area contributed by atoms with Gasteiger partial charge < -0.3 is 24.6 Å². The molecule has 0 unspecified atom stereocenters. The molecule has 17 heavy (non-hydrogen) atoms. The first-order valence-corrected chi connectivity index (χ1v) is 4.99. The van der Waals surface area contributed by atoms with Gasteiger partial charge in [-0.05, 0) is 0 Å². The van der Waals surface area contributed by atoms with E-state index >= 15 is 0 Å². The van der Waals surface area contributed by atoms with Gasteiger partial charge in [-0.15, -0.1) is 0 Å². The molecule has 3 N–H and O–H groups in total. The van der Waals surface area contributed by atoms with Crippen molar-refractivity contribution in [2.75, 3.05) is 6.61 Å². The summed E-state index contributed by atoms with van der Waals surface area (Å²) in [5.74, 6) is 0. The molecule has 94 valence electrons. The summed E-state index contributed by atoms with van der Waals surface area (Å²) in [6, 6.07) is 1.26. The van der Waals surface area contributed by atoms with E-state index in [4.69, 9.17) is 9.84 Å². The van der Waals surface area contributed by atoms with Crippen LogP contribution in [0.1, 0.15) is 6.23 Å². The summed E-state index contributed by atoms with van der Waals surface area (Å²) >= 11 is 0. The number of hydrogen-bond donors (Lipinski definition) is 3. The minimum absolute atomic E-state index is 0.136. The second kappa shape index (κ2) is 4.41. The zero-order chi connectivity index (χ0) is 12.6. The molecular formula is C9H12N2O6. The van der Waals surface area contributed by atoms with Crippen LogP contribution in [0, 0.1) is 10.1 Å². The molecule has 0 amide bonds. The summed E-state index contributed by atoms with van der Waals surface area (Å²) < 4.78 is 6.50. The van der Waals surface area contributed by atoms with E-state index in [0.29, 0.717) is 0 Å². The molecule has 2 heterocycles. The maximum atomic E-state index is 10.5. The Hall–Kier alpha value is -1.48. The largest absolute Gasteiger partial charge is 0.394 e. The van der Waals surface area contributed by atoms with Crippen molar-refractivity contribution in [3.8, 4) is 0 Å². The maximum Gasteiger partial charge on any atom is 0.286 e. The first-order valence-electron chi connectivity index (χ1n) is 4.99. The average Bonchev–Trinajstić information content (AvgIpc) is 2.87. The second-order valence-electron chi connectivity index (χ2n) is 3.80. The van der Waals surface area contributed by atoms with E-state index in [-0.39, 0.29) is 5.69 Å². The van der Waals surface area contributed by atoms with E-state index in [1.165, 1.54) is 23.0 Å². The van der Waals surface area contributed by atoms with Crippen molar-refractivity contribution in [3.05, 3.63) is 28.6 Å². The molecule has 2 rings (SSSR count). The molecule has 1 aromatic rings. The number of nitrogens with zero attached hydrogens (tertiary/aromatic N) is 2. The third-order valence-electron chi connectivity index (χ3n) is 2.72. The highest BCUT2D eigenvalue weighted by atomic mass is 16.6. The van der Waals surface area contributed by atoms with E-state index in [2.05, 4.69) is 0 Å². The third-order valence-corrected chi connectivity index (χ3v) is 2.72. The van der Waals surface area contributed by atoms with Crippen LogP contribution in [0.3, 0.4) is 0 Å². The monoisotopic (exact) mass is 244 g/mol. The van der Waals surface area contributed by atoms with Gasteiger partial charge in [0.15, 0.2) is 6.23 Å².